The van der Waals surface area contributed by atoms with E-state index in [9.17, 15) is 9.59 Å². The number of rotatable bonds is 4. The summed E-state index contributed by atoms with van der Waals surface area (Å²) >= 11 is 3.40. The second kappa shape index (κ2) is 7.17. The van der Waals surface area contributed by atoms with Crippen molar-refractivity contribution in [2.45, 2.75) is 19.3 Å². The summed E-state index contributed by atoms with van der Waals surface area (Å²) in [5, 5.41) is 8.85. The molecular formula is C17H18BrN3O3. The lowest BCUT2D eigenvalue weighted by molar-refractivity contribution is -0.138. The fraction of sp³-hybridized carbons (Fsp3) is 0.353. The molecule has 0 bridgehead atoms. The van der Waals surface area contributed by atoms with Crippen LogP contribution in [-0.4, -0.2) is 44.5 Å². The van der Waals surface area contributed by atoms with Crippen molar-refractivity contribution in [2.24, 2.45) is 5.92 Å². The lowest BCUT2D eigenvalue weighted by Crippen LogP contribution is -2.39. The maximum Gasteiger partial charge on any atom is 0.303 e. The Balaban J connectivity index is 1.64. The Bertz CT molecular complexity index is 734. The Morgan fingerprint density at radius 1 is 1.21 bits per heavy atom. The van der Waals surface area contributed by atoms with Gasteiger partial charge in [-0.05, 0) is 43.0 Å². The van der Waals surface area contributed by atoms with E-state index in [-0.39, 0.29) is 18.2 Å². The molecule has 0 saturated carbocycles. The zero-order valence-electron chi connectivity index (χ0n) is 13.1. The maximum atomic E-state index is 12.6. The van der Waals surface area contributed by atoms with Gasteiger partial charge in [-0.1, -0.05) is 15.9 Å². The third kappa shape index (κ3) is 3.84. The Hall–Kier alpha value is -2.15. The number of piperidine rings is 1. The number of carbonyl (C=O) groups is 2. The topological polar surface area (TPSA) is 75.4 Å². The lowest BCUT2D eigenvalue weighted by Gasteiger charge is -2.30. The largest absolute Gasteiger partial charge is 0.481 e. The van der Waals surface area contributed by atoms with Gasteiger partial charge in [-0.3, -0.25) is 9.59 Å². The summed E-state index contributed by atoms with van der Waals surface area (Å²) < 4.78 is 2.81. The minimum absolute atomic E-state index is 0.0976. The number of halogens is 1. The van der Waals surface area contributed by atoms with E-state index in [1.165, 1.54) is 0 Å². The van der Waals surface area contributed by atoms with Crippen LogP contribution >= 0.6 is 15.9 Å². The number of carboxylic acid groups (broad SMARTS) is 1. The van der Waals surface area contributed by atoms with Gasteiger partial charge >= 0.3 is 5.97 Å². The first-order valence-corrected chi connectivity index (χ1v) is 8.63. The first-order chi connectivity index (χ1) is 11.5. The Labute approximate surface area is 148 Å². The van der Waals surface area contributed by atoms with E-state index in [1.54, 1.807) is 17.4 Å². The van der Waals surface area contributed by atoms with E-state index in [0.29, 0.717) is 18.8 Å². The summed E-state index contributed by atoms with van der Waals surface area (Å²) in [5.41, 5.74) is 1.35. The number of nitrogens with zero attached hydrogens (tertiary/aromatic N) is 3. The number of aromatic nitrogens is 2. The van der Waals surface area contributed by atoms with Crippen molar-refractivity contribution in [3.8, 4) is 5.69 Å². The summed E-state index contributed by atoms with van der Waals surface area (Å²) in [6, 6.07) is 7.75. The van der Waals surface area contributed by atoms with Crippen molar-refractivity contribution < 1.29 is 14.7 Å². The van der Waals surface area contributed by atoms with Gasteiger partial charge in [-0.2, -0.15) is 0 Å². The number of amides is 1. The molecule has 1 aromatic heterocycles. The highest BCUT2D eigenvalue weighted by atomic mass is 79.9. The Morgan fingerprint density at radius 3 is 2.50 bits per heavy atom. The third-order valence-electron chi connectivity index (χ3n) is 4.29. The van der Waals surface area contributed by atoms with E-state index >= 15 is 0 Å². The van der Waals surface area contributed by atoms with Crippen LogP contribution in [0.4, 0.5) is 0 Å². The van der Waals surface area contributed by atoms with Gasteiger partial charge in [0.05, 0.1) is 0 Å². The molecule has 0 spiro atoms. The van der Waals surface area contributed by atoms with E-state index in [4.69, 9.17) is 5.11 Å². The SMILES string of the molecule is O=C(O)CC1CCN(C(=O)c2cn(-c3ccc(Br)cc3)cn2)CC1. The quantitative estimate of drug-likeness (QED) is 0.868. The van der Waals surface area contributed by atoms with E-state index in [1.807, 2.05) is 28.8 Å². The molecule has 1 saturated heterocycles. The number of aliphatic carboxylic acids is 1. The molecule has 7 heteroatoms. The maximum absolute atomic E-state index is 12.6. The Morgan fingerprint density at radius 2 is 1.88 bits per heavy atom. The molecule has 2 heterocycles. The van der Waals surface area contributed by atoms with Crippen LogP contribution in [0.2, 0.25) is 0 Å². The number of carboxylic acids is 1. The molecule has 6 nitrogen and oxygen atoms in total. The van der Waals surface area contributed by atoms with Gasteiger partial charge in [0.1, 0.15) is 12.0 Å². The summed E-state index contributed by atoms with van der Waals surface area (Å²) in [4.78, 5) is 29.3. The molecule has 1 aromatic carbocycles. The molecule has 0 unspecified atom stereocenters. The third-order valence-corrected chi connectivity index (χ3v) is 4.82. The van der Waals surface area contributed by atoms with Crippen LogP contribution in [0, 0.1) is 5.92 Å². The summed E-state index contributed by atoms with van der Waals surface area (Å²) in [6.07, 6.45) is 5.00. The van der Waals surface area contributed by atoms with Crippen LogP contribution in [0.5, 0.6) is 0 Å². The molecule has 1 amide bonds. The molecule has 1 N–H and O–H groups in total. The zero-order chi connectivity index (χ0) is 17.1. The fourth-order valence-electron chi connectivity index (χ4n) is 2.94. The van der Waals surface area contributed by atoms with Gasteiger partial charge in [0, 0.05) is 35.9 Å². The molecule has 1 aliphatic rings. The van der Waals surface area contributed by atoms with Crippen molar-refractivity contribution in [3.63, 3.8) is 0 Å². The molecular weight excluding hydrogens is 374 g/mol. The van der Waals surface area contributed by atoms with Gasteiger partial charge in [0.15, 0.2) is 0 Å². The fourth-order valence-corrected chi connectivity index (χ4v) is 3.20. The van der Waals surface area contributed by atoms with Gasteiger partial charge in [0.2, 0.25) is 0 Å². The average Bonchev–Trinajstić information content (AvgIpc) is 3.05. The Kier molecular flexibility index (Phi) is 4.99. The van der Waals surface area contributed by atoms with Crippen LogP contribution in [0.3, 0.4) is 0 Å². The van der Waals surface area contributed by atoms with Gasteiger partial charge in [-0.15, -0.1) is 0 Å². The minimum Gasteiger partial charge on any atom is -0.481 e. The van der Waals surface area contributed by atoms with Gasteiger partial charge in [0.25, 0.3) is 5.91 Å². The van der Waals surface area contributed by atoms with Crippen LogP contribution < -0.4 is 0 Å². The average molecular weight is 392 g/mol. The first-order valence-electron chi connectivity index (χ1n) is 7.84. The number of likely N-dealkylation sites (tertiary alicyclic amines) is 1. The smallest absolute Gasteiger partial charge is 0.303 e. The highest BCUT2D eigenvalue weighted by Gasteiger charge is 2.26. The van der Waals surface area contributed by atoms with Crippen molar-refractivity contribution in [1.82, 2.24) is 14.5 Å². The van der Waals surface area contributed by atoms with Crippen LogP contribution in [0.1, 0.15) is 29.8 Å². The number of carbonyl (C=O) groups excluding carboxylic acids is 1. The second-order valence-corrected chi connectivity index (χ2v) is 6.89. The van der Waals surface area contributed by atoms with Gasteiger partial charge in [-0.25, -0.2) is 4.98 Å². The predicted molar refractivity (Wildman–Crippen MR) is 92.1 cm³/mol. The second-order valence-electron chi connectivity index (χ2n) is 5.98. The molecule has 2 aromatic rings. The molecule has 0 radical (unpaired) electrons. The molecule has 1 fully saturated rings. The predicted octanol–water partition coefficient (Wildman–Crippen LogP) is 2.96. The summed E-state index contributed by atoms with van der Waals surface area (Å²) in [6.45, 7) is 1.17. The molecule has 3 rings (SSSR count). The van der Waals surface area contributed by atoms with Crippen molar-refractivity contribution in [1.29, 1.82) is 0 Å². The van der Waals surface area contributed by atoms with E-state index in [2.05, 4.69) is 20.9 Å². The summed E-state index contributed by atoms with van der Waals surface area (Å²) in [5.74, 6) is -0.709. The minimum atomic E-state index is -0.770. The van der Waals surface area contributed by atoms with E-state index < -0.39 is 5.97 Å². The van der Waals surface area contributed by atoms with E-state index in [0.717, 1.165) is 23.0 Å². The number of benzene rings is 1. The lowest BCUT2D eigenvalue weighted by atomic mass is 9.93. The number of hydrogen-bond donors (Lipinski definition) is 1. The van der Waals surface area contributed by atoms with Gasteiger partial charge < -0.3 is 14.6 Å². The highest BCUT2D eigenvalue weighted by molar-refractivity contribution is 9.10. The van der Waals surface area contributed by atoms with Crippen LogP contribution in [0.15, 0.2) is 41.3 Å². The molecule has 24 heavy (non-hydrogen) atoms. The first kappa shape index (κ1) is 16.7. The van der Waals surface area contributed by atoms with Crippen molar-refractivity contribution >= 4 is 27.8 Å². The highest BCUT2D eigenvalue weighted by Crippen LogP contribution is 2.22. The van der Waals surface area contributed by atoms with Crippen molar-refractivity contribution in [2.75, 3.05) is 13.1 Å². The van der Waals surface area contributed by atoms with Crippen LogP contribution in [-0.2, 0) is 4.79 Å². The summed E-state index contributed by atoms with van der Waals surface area (Å²) in [7, 11) is 0. The molecule has 126 valence electrons. The molecule has 0 aliphatic carbocycles. The van der Waals surface area contributed by atoms with Crippen molar-refractivity contribution in [3.05, 3.63) is 47.0 Å². The zero-order valence-corrected chi connectivity index (χ0v) is 14.6. The number of imidazole rings is 1. The monoisotopic (exact) mass is 391 g/mol. The molecule has 1 aliphatic heterocycles. The standard InChI is InChI=1S/C17H18BrN3O3/c18-13-1-3-14(4-2-13)21-10-15(19-11-21)17(24)20-7-5-12(6-8-20)9-16(22)23/h1-4,10-12H,5-9H2,(H,22,23). The molecule has 0 atom stereocenters. The normalized spacial score (nSPS) is 15.5. The van der Waals surface area contributed by atoms with Crippen LogP contribution in [0.25, 0.3) is 5.69 Å². The number of hydrogen-bond acceptors (Lipinski definition) is 3.